The van der Waals surface area contributed by atoms with Crippen molar-refractivity contribution in [2.75, 3.05) is 49.1 Å². The van der Waals surface area contributed by atoms with Crippen LogP contribution < -0.4 is 10.2 Å². The van der Waals surface area contributed by atoms with Crippen LogP contribution in [0.5, 0.6) is 0 Å². The Labute approximate surface area is 151 Å². The van der Waals surface area contributed by atoms with Crippen molar-refractivity contribution >= 4 is 34.8 Å². The van der Waals surface area contributed by atoms with Crippen LogP contribution in [0.3, 0.4) is 0 Å². The number of thioether (sulfide) groups is 1. The third-order valence-corrected chi connectivity index (χ3v) is 5.99. The highest BCUT2D eigenvalue weighted by atomic mass is 32.2. The molecule has 1 N–H and O–H groups in total. The molecule has 134 valence electrons. The molecule has 0 spiro atoms. The molecule has 0 aliphatic carbocycles. The van der Waals surface area contributed by atoms with Gasteiger partial charge in [-0.05, 0) is 24.6 Å². The molecular formula is C18H24N4O2S. The largest absolute Gasteiger partial charge is 0.423 e. The molecular weight excluding hydrogens is 336 g/mol. The summed E-state index contributed by atoms with van der Waals surface area (Å²) in [7, 11) is 0. The van der Waals surface area contributed by atoms with Gasteiger partial charge in [0.25, 0.3) is 6.01 Å². The summed E-state index contributed by atoms with van der Waals surface area (Å²) in [4.78, 5) is 21.2. The summed E-state index contributed by atoms with van der Waals surface area (Å²) in [5, 5.41) is 3.44. The van der Waals surface area contributed by atoms with Crippen molar-refractivity contribution in [3.63, 3.8) is 0 Å². The Morgan fingerprint density at radius 3 is 2.96 bits per heavy atom. The second kappa shape index (κ2) is 7.25. The van der Waals surface area contributed by atoms with Crippen molar-refractivity contribution in [3.8, 4) is 0 Å². The van der Waals surface area contributed by atoms with Gasteiger partial charge in [0.15, 0.2) is 5.58 Å². The lowest BCUT2D eigenvalue weighted by Crippen LogP contribution is -2.50. The lowest BCUT2D eigenvalue weighted by atomic mass is 10.2. The summed E-state index contributed by atoms with van der Waals surface area (Å²) < 4.78 is 5.88. The van der Waals surface area contributed by atoms with E-state index in [0.29, 0.717) is 18.5 Å². The second-order valence-electron chi connectivity index (χ2n) is 6.77. The van der Waals surface area contributed by atoms with Gasteiger partial charge in [-0.15, -0.1) is 0 Å². The fourth-order valence-electron chi connectivity index (χ4n) is 3.40. The highest BCUT2D eigenvalue weighted by Gasteiger charge is 2.26. The molecule has 1 aromatic carbocycles. The molecule has 3 heterocycles. The van der Waals surface area contributed by atoms with Gasteiger partial charge >= 0.3 is 0 Å². The first-order valence-electron chi connectivity index (χ1n) is 8.90. The Morgan fingerprint density at radius 1 is 1.36 bits per heavy atom. The number of fused-ring (bicyclic) bond motifs is 1. The Hall–Kier alpha value is -1.73. The van der Waals surface area contributed by atoms with Crippen LogP contribution in [0.1, 0.15) is 12.0 Å². The first-order chi connectivity index (χ1) is 12.2. The number of aromatic nitrogens is 1. The first kappa shape index (κ1) is 16.7. The number of aryl methyl sites for hydroxylation is 1. The third-order valence-electron chi connectivity index (χ3n) is 4.85. The second-order valence-corrected chi connectivity index (χ2v) is 7.92. The van der Waals surface area contributed by atoms with E-state index >= 15 is 0 Å². The Morgan fingerprint density at radius 2 is 2.20 bits per heavy atom. The van der Waals surface area contributed by atoms with Gasteiger partial charge in [0.2, 0.25) is 5.91 Å². The number of nitrogens with one attached hydrogen (secondary N) is 1. The average molecular weight is 360 g/mol. The van der Waals surface area contributed by atoms with E-state index in [2.05, 4.69) is 22.1 Å². The molecule has 0 radical (unpaired) electrons. The summed E-state index contributed by atoms with van der Waals surface area (Å²) in [6, 6.07) is 7.03. The number of oxazole rings is 1. The molecule has 1 atom stereocenters. The lowest BCUT2D eigenvalue weighted by molar-refractivity contribution is -0.131. The molecule has 25 heavy (non-hydrogen) atoms. The maximum atomic E-state index is 12.5. The zero-order chi connectivity index (χ0) is 17.2. The molecule has 0 saturated carbocycles. The van der Waals surface area contributed by atoms with Gasteiger partial charge in [-0.3, -0.25) is 4.79 Å². The molecule has 2 aromatic rings. The van der Waals surface area contributed by atoms with Crippen LogP contribution in [0.2, 0.25) is 0 Å². The molecule has 1 aromatic heterocycles. The fraction of sp³-hybridized carbons (Fsp3) is 0.556. The number of hydrogen-bond donors (Lipinski definition) is 1. The highest BCUT2D eigenvalue weighted by molar-refractivity contribution is 7.99. The average Bonchev–Trinajstić information content (AvgIpc) is 3.06. The number of hydrogen-bond acceptors (Lipinski definition) is 6. The molecule has 2 fully saturated rings. The monoisotopic (exact) mass is 360 g/mol. The molecule has 2 aliphatic rings. The normalized spacial score (nSPS) is 21.7. The zero-order valence-electron chi connectivity index (χ0n) is 14.5. The van der Waals surface area contributed by atoms with E-state index in [4.69, 9.17) is 4.42 Å². The minimum atomic E-state index is 0.257. The molecule has 7 heteroatoms. The van der Waals surface area contributed by atoms with Crippen molar-refractivity contribution in [1.29, 1.82) is 0 Å². The maximum Gasteiger partial charge on any atom is 0.298 e. The summed E-state index contributed by atoms with van der Waals surface area (Å²) in [5.74, 6) is 2.44. The van der Waals surface area contributed by atoms with E-state index in [1.165, 1.54) is 5.56 Å². The van der Waals surface area contributed by atoms with Crippen LogP contribution in [-0.2, 0) is 4.79 Å². The van der Waals surface area contributed by atoms with Crippen molar-refractivity contribution in [2.45, 2.75) is 19.4 Å². The van der Waals surface area contributed by atoms with Gasteiger partial charge in [0.1, 0.15) is 5.52 Å². The quantitative estimate of drug-likeness (QED) is 0.902. The molecule has 0 bridgehead atoms. The van der Waals surface area contributed by atoms with Gasteiger partial charge in [0, 0.05) is 56.7 Å². The summed E-state index contributed by atoms with van der Waals surface area (Å²) >= 11 is 1.93. The van der Waals surface area contributed by atoms with E-state index in [-0.39, 0.29) is 5.91 Å². The van der Waals surface area contributed by atoms with Crippen LogP contribution >= 0.6 is 11.8 Å². The number of benzene rings is 1. The van der Waals surface area contributed by atoms with Crippen molar-refractivity contribution in [1.82, 2.24) is 15.2 Å². The van der Waals surface area contributed by atoms with E-state index in [0.717, 1.165) is 55.3 Å². The summed E-state index contributed by atoms with van der Waals surface area (Å²) in [6.45, 7) is 6.06. The van der Waals surface area contributed by atoms with Crippen LogP contribution in [-0.4, -0.2) is 66.1 Å². The van der Waals surface area contributed by atoms with E-state index in [9.17, 15) is 4.79 Å². The Kier molecular flexibility index (Phi) is 4.85. The Balaban J connectivity index is 1.34. The summed E-state index contributed by atoms with van der Waals surface area (Å²) in [6.07, 6.45) is 0.606. The van der Waals surface area contributed by atoms with Crippen LogP contribution in [0.4, 0.5) is 6.01 Å². The molecule has 1 unspecified atom stereocenters. The number of nitrogens with zero attached hydrogens (tertiary/aromatic N) is 3. The van der Waals surface area contributed by atoms with Crippen LogP contribution in [0, 0.1) is 6.92 Å². The number of amides is 1. The van der Waals surface area contributed by atoms with Gasteiger partial charge in [-0.25, -0.2) is 0 Å². The fourth-order valence-corrected chi connectivity index (χ4v) is 4.35. The number of rotatable bonds is 3. The first-order valence-corrected chi connectivity index (χ1v) is 10.1. The smallest absolute Gasteiger partial charge is 0.298 e. The molecule has 4 rings (SSSR count). The SMILES string of the molecule is Cc1ccc2oc(N3CCN(C(=O)CC4CSCCN4)CC3)nc2c1. The predicted molar refractivity (Wildman–Crippen MR) is 101 cm³/mol. The molecule has 2 saturated heterocycles. The van der Waals surface area contributed by atoms with Crippen LogP contribution in [0.25, 0.3) is 11.1 Å². The molecule has 1 amide bonds. The Bertz CT molecular complexity index is 749. The van der Waals surface area contributed by atoms with Gasteiger partial charge in [0.05, 0.1) is 0 Å². The van der Waals surface area contributed by atoms with Gasteiger partial charge < -0.3 is 19.5 Å². The van der Waals surface area contributed by atoms with Crippen LogP contribution in [0.15, 0.2) is 22.6 Å². The standard InChI is InChI=1S/C18H24N4O2S/c1-13-2-3-16-15(10-13)20-18(24-16)22-7-5-21(6-8-22)17(23)11-14-12-25-9-4-19-14/h2-3,10,14,19H,4-9,11-12H2,1H3. The number of carbonyl (C=O) groups excluding carboxylic acids is 1. The number of piperazine rings is 1. The number of anilines is 1. The van der Waals surface area contributed by atoms with Gasteiger partial charge in [-0.1, -0.05) is 6.07 Å². The zero-order valence-corrected chi connectivity index (χ0v) is 15.3. The predicted octanol–water partition coefficient (Wildman–Crippen LogP) is 1.88. The lowest BCUT2D eigenvalue weighted by Gasteiger charge is -2.35. The van der Waals surface area contributed by atoms with Crippen molar-refractivity contribution in [3.05, 3.63) is 23.8 Å². The number of carbonyl (C=O) groups is 1. The molecule has 2 aliphatic heterocycles. The topological polar surface area (TPSA) is 61.6 Å². The van der Waals surface area contributed by atoms with Crippen molar-refractivity contribution in [2.24, 2.45) is 0 Å². The maximum absolute atomic E-state index is 12.5. The van der Waals surface area contributed by atoms with Crippen molar-refractivity contribution < 1.29 is 9.21 Å². The van der Waals surface area contributed by atoms with Gasteiger partial charge in [-0.2, -0.15) is 16.7 Å². The minimum absolute atomic E-state index is 0.257. The summed E-state index contributed by atoms with van der Waals surface area (Å²) in [5.41, 5.74) is 2.90. The molecule has 6 nitrogen and oxygen atoms in total. The van der Waals surface area contributed by atoms with E-state index in [1.54, 1.807) is 0 Å². The minimum Gasteiger partial charge on any atom is -0.423 e. The highest BCUT2D eigenvalue weighted by Crippen LogP contribution is 2.24. The third kappa shape index (κ3) is 3.77. The van der Waals surface area contributed by atoms with E-state index < -0.39 is 0 Å². The van der Waals surface area contributed by atoms with E-state index in [1.807, 2.05) is 34.9 Å².